The highest BCUT2D eigenvalue weighted by Crippen LogP contribution is 2.20. The molecule has 0 aliphatic carbocycles. The number of fused-ring (bicyclic) bond motifs is 1. The maximum absolute atomic E-state index is 12.3. The molecule has 4 nitrogen and oxygen atoms in total. The number of benzene rings is 1. The summed E-state index contributed by atoms with van der Waals surface area (Å²) < 4.78 is 0. The van der Waals surface area contributed by atoms with Gasteiger partial charge in [-0.15, -0.1) is 0 Å². The van der Waals surface area contributed by atoms with Crippen LogP contribution in [0.1, 0.15) is 31.7 Å². The molecule has 0 saturated carbocycles. The fraction of sp³-hybridized carbons (Fsp3) is 0.471. The molecular weight excluding hydrogens is 262 g/mol. The van der Waals surface area contributed by atoms with Crippen molar-refractivity contribution in [1.29, 1.82) is 0 Å². The van der Waals surface area contributed by atoms with Crippen LogP contribution in [0.5, 0.6) is 0 Å². The van der Waals surface area contributed by atoms with Gasteiger partial charge in [0, 0.05) is 23.6 Å². The molecule has 3 N–H and O–H groups in total. The fourth-order valence-electron chi connectivity index (χ4n) is 3.09. The zero-order valence-corrected chi connectivity index (χ0v) is 12.5. The number of aromatic amines is 1. The van der Waals surface area contributed by atoms with Crippen molar-refractivity contribution in [2.45, 2.75) is 38.1 Å². The molecule has 2 heterocycles. The first-order valence-electron chi connectivity index (χ1n) is 7.77. The lowest BCUT2D eigenvalue weighted by molar-refractivity contribution is -0.127. The second-order valence-corrected chi connectivity index (χ2v) is 6.08. The van der Waals surface area contributed by atoms with Crippen LogP contribution in [0, 0.1) is 0 Å². The molecule has 21 heavy (non-hydrogen) atoms. The first kappa shape index (κ1) is 14.1. The molecule has 4 heteroatoms. The van der Waals surface area contributed by atoms with Gasteiger partial charge in [-0.25, -0.2) is 0 Å². The summed E-state index contributed by atoms with van der Waals surface area (Å²) in [6.45, 7) is 3.62. The Bertz CT molecular complexity index is 626. The lowest BCUT2D eigenvalue weighted by Gasteiger charge is -2.33. The van der Waals surface area contributed by atoms with Gasteiger partial charge >= 0.3 is 0 Å². The Morgan fingerprint density at radius 2 is 2.19 bits per heavy atom. The molecule has 1 atom stereocenters. The highest BCUT2D eigenvalue weighted by atomic mass is 16.2. The lowest BCUT2D eigenvalue weighted by atomic mass is 9.90. The van der Waals surface area contributed by atoms with Crippen LogP contribution in [-0.2, 0) is 11.2 Å². The minimum absolute atomic E-state index is 0.127. The third kappa shape index (κ3) is 2.95. The quantitative estimate of drug-likeness (QED) is 0.807. The van der Waals surface area contributed by atoms with E-state index in [4.69, 9.17) is 0 Å². The number of aromatic nitrogens is 1. The van der Waals surface area contributed by atoms with Crippen molar-refractivity contribution in [3.63, 3.8) is 0 Å². The monoisotopic (exact) mass is 285 g/mol. The highest BCUT2D eigenvalue weighted by molar-refractivity contribution is 5.86. The van der Waals surface area contributed by atoms with Crippen LogP contribution in [0.4, 0.5) is 0 Å². The third-order valence-corrected chi connectivity index (χ3v) is 4.47. The van der Waals surface area contributed by atoms with Crippen molar-refractivity contribution < 1.29 is 4.79 Å². The summed E-state index contributed by atoms with van der Waals surface area (Å²) in [6, 6.07) is 8.27. The first-order chi connectivity index (χ1) is 10.2. The van der Waals surface area contributed by atoms with E-state index in [1.165, 1.54) is 10.9 Å². The van der Waals surface area contributed by atoms with E-state index in [0.717, 1.165) is 37.7 Å². The van der Waals surface area contributed by atoms with E-state index < -0.39 is 5.54 Å². The van der Waals surface area contributed by atoms with E-state index in [-0.39, 0.29) is 5.91 Å². The predicted octanol–water partition coefficient (Wildman–Crippen LogP) is 2.36. The Hall–Kier alpha value is -1.81. The topological polar surface area (TPSA) is 56.9 Å². The number of rotatable bonds is 4. The van der Waals surface area contributed by atoms with Crippen LogP contribution in [-0.4, -0.2) is 29.5 Å². The molecule has 3 rings (SSSR count). The zero-order valence-electron chi connectivity index (χ0n) is 12.5. The normalized spacial score (nSPS) is 22.3. The lowest BCUT2D eigenvalue weighted by Crippen LogP contribution is -2.57. The third-order valence-electron chi connectivity index (χ3n) is 4.47. The number of hydrogen-bond donors (Lipinski definition) is 3. The molecule has 1 saturated heterocycles. The molecule has 2 aromatic rings. The van der Waals surface area contributed by atoms with Crippen molar-refractivity contribution >= 4 is 16.8 Å². The molecule has 0 radical (unpaired) electrons. The standard InChI is InChI=1S/C17H23N3O/c1-17(9-4-5-10-20-17)16(21)18-11-8-13-12-19-15-7-3-2-6-14(13)15/h2-3,6-7,12,19-20H,4-5,8-11H2,1H3,(H,18,21). The van der Waals surface area contributed by atoms with Crippen LogP contribution in [0.2, 0.25) is 0 Å². The molecule has 1 aliphatic heterocycles. The van der Waals surface area contributed by atoms with E-state index in [1.54, 1.807) is 0 Å². The molecule has 112 valence electrons. The molecular formula is C17H23N3O. The van der Waals surface area contributed by atoms with E-state index in [2.05, 4.69) is 27.8 Å². The smallest absolute Gasteiger partial charge is 0.240 e. The number of nitrogens with one attached hydrogen (secondary N) is 3. The molecule has 1 amide bonds. The van der Waals surface area contributed by atoms with Crippen LogP contribution in [0.25, 0.3) is 10.9 Å². The number of H-pyrrole nitrogens is 1. The molecule has 1 aromatic carbocycles. The summed E-state index contributed by atoms with van der Waals surface area (Å²) in [5.74, 6) is 0.127. The van der Waals surface area contributed by atoms with Crippen molar-refractivity contribution in [2.75, 3.05) is 13.1 Å². The molecule has 0 spiro atoms. The number of piperidine rings is 1. The maximum Gasteiger partial charge on any atom is 0.240 e. The number of carbonyl (C=O) groups is 1. The minimum Gasteiger partial charge on any atom is -0.361 e. The Kier molecular flexibility index (Phi) is 3.97. The van der Waals surface area contributed by atoms with E-state index in [0.29, 0.717) is 6.54 Å². The van der Waals surface area contributed by atoms with Crippen LogP contribution < -0.4 is 10.6 Å². The van der Waals surface area contributed by atoms with E-state index in [1.807, 2.05) is 25.3 Å². The highest BCUT2D eigenvalue weighted by Gasteiger charge is 2.33. The van der Waals surface area contributed by atoms with Gasteiger partial charge in [-0.3, -0.25) is 4.79 Å². The van der Waals surface area contributed by atoms with Gasteiger partial charge in [0.2, 0.25) is 5.91 Å². The van der Waals surface area contributed by atoms with Crippen LogP contribution in [0.3, 0.4) is 0 Å². The molecule has 1 aliphatic rings. The van der Waals surface area contributed by atoms with Crippen molar-refractivity contribution in [1.82, 2.24) is 15.6 Å². The first-order valence-corrected chi connectivity index (χ1v) is 7.77. The van der Waals surface area contributed by atoms with E-state index >= 15 is 0 Å². The Morgan fingerprint density at radius 3 is 3.00 bits per heavy atom. The van der Waals surface area contributed by atoms with Gasteiger partial charge < -0.3 is 15.6 Å². The predicted molar refractivity (Wildman–Crippen MR) is 85.3 cm³/mol. The Morgan fingerprint density at radius 1 is 1.33 bits per heavy atom. The summed E-state index contributed by atoms with van der Waals surface area (Å²) in [6.07, 6.45) is 6.10. The summed E-state index contributed by atoms with van der Waals surface area (Å²) >= 11 is 0. The molecule has 1 aromatic heterocycles. The maximum atomic E-state index is 12.3. The van der Waals surface area contributed by atoms with Gasteiger partial charge in [0.05, 0.1) is 5.54 Å². The van der Waals surface area contributed by atoms with Crippen molar-refractivity contribution in [3.8, 4) is 0 Å². The van der Waals surface area contributed by atoms with Crippen molar-refractivity contribution in [2.24, 2.45) is 0 Å². The molecule has 0 bridgehead atoms. The second-order valence-electron chi connectivity index (χ2n) is 6.08. The van der Waals surface area contributed by atoms with Gasteiger partial charge in [-0.1, -0.05) is 18.2 Å². The number of para-hydroxylation sites is 1. The zero-order chi connectivity index (χ0) is 14.7. The SMILES string of the molecule is CC1(C(=O)NCCc2c[nH]c3ccccc23)CCCCN1. The average molecular weight is 285 g/mol. The minimum atomic E-state index is -0.390. The van der Waals surface area contributed by atoms with E-state index in [9.17, 15) is 4.79 Å². The number of amides is 1. The number of carbonyl (C=O) groups excluding carboxylic acids is 1. The summed E-state index contributed by atoms with van der Waals surface area (Å²) in [5.41, 5.74) is 2.02. The Labute approximate surface area is 125 Å². The summed E-state index contributed by atoms with van der Waals surface area (Å²) in [4.78, 5) is 15.6. The Balaban J connectivity index is 1.57. The number of hydrogen-bond acceptors (Lipinski definition) is 2. The van der Waals surface area contributed by atoms with Gasteiger partial charge in [0.1, 0.15) is 0 Å². The van der Waals surface area contributed by atoms with Crippen LogP contribution in [0.15, 0.2) is 30.5 Å². The second kappa shape index (κ2) is 5.90. The average Bonchev–Trinajstić information content (AvgIpc) is 2.91. The van der Waals surface area contributed by atoms with Crippen molar-refractivity contribution in [3.05, 3.63) is 36.0 Å². The summed E-state index contributed by atoms with van der Waals surface area (Å²) in [5, 5.41) is 7.68. The molecule has 1 unspecified atom stereocenters. The van der Waals surface area contributed by atoms with Gasteiger partial charge in [0.25, 0.3) is 0 Å². The largest absolute Gasteiger partial charge is 0.361 e. The van der Waals surface area contributed by atoms with Crippen LogP contribution >= 0.6 is 0 Å². The summed E-state index contributed by atoms with van der Waals surface area (Å²) in [7, 11) is 0. The van der Waals surface area contributed by atoms with Gasteiger partial charge in [-0.05, 0) is 50.8 Å². The fourth-order valence-corrected chi connectivity index (χ4v) is 3.09. The van der Waals surface area contributed by atoms with Gasteiger partial charge in [-0.2, -0.15) is 0 Å². The molecule has 1 fully saturated rings. The van der Waals surface area contributed by atoms with Gasteiger partial charge in [0.15, 0.2) is 0 Å².